The van der Waals surface area contributed by atoms with Gasteiger partial charge in [-0.2, -0.15) is 4.31 Å². The van der Waals surface area contributed by atoms with Crippen molar-refractivity contribution in [3.8, 4) is 11.8 Å². The second kappa shape index (κ2) is 10.5. The highest BCUT2D eigenvalue weighted by molar-refractivity contribution is 7.89. The van der Waals surface area contributed by atoms with E-state index in [1.54, 1.807) is 17.6 Å². The standard InChI is InChI=1S/C24H27N3O5S/c28-24(25-29)23-2-1-13-27(23)33(30,31)22-11-9-20(10-12-22)4-3-19-5-7-21(8-6-19)18-26-14-16-32-17-15-26/h5-12,23,29H,1-2,13-18H2,(H,25,28)/t23-/m0/s1. The van der Waals surface area contributed by atoms with Crippen molar-refractivity contribution >= 4 is 15.9 Å². The average Bonchev–Trinajstić information content (AvgIpc) is 3.35. The third-order valence-corrected chi connectivity index (χ3v) is 7.81. The minimum atomic E-state index is -3.84. The molecule has 2 N–H and O–H groups in total. The van der Waals surface area contributed by atoms with Crippen LogP contribution < -0.4 is 5.48 Å². The summed E-state index contributed by atoms with van der Waals surface area (Å²) in [6.45, 7) is 4.58. The van der Waals surface area contributed by atoms with Gasteiger partial charge >= 0.3 is 0 Å². The first-order valence-electron chi connectivity index (χ1n) is 10.9. The molecule has 0 spiro atoms. The van der Waals surface area contributed by atoms with Crippen molar-refractivity contribution in [2.45, 2.75) is 30.3 Å². The van der Waals surface area contributed by atoms with E-state index >= 15 is 0 Å². The number of sulfonamides is 1. The van der Waals surface area contributed by atoms with Crippen LogP contribution >= 0.6 is 0 Å². The highest BCUT2D eigenvalue weighted by Gasteiger charge is 2.39. The van der Waals surface area contributed by atoms with Crippen LogP contribution in [0.15, 0.2) is 53.4 Å². The highest BCUT2D eigenvalue weighted by Crippen LogP contribution is 2.26. The van der Waals surface area contributed by atoms with E-state index < -0.39 is 22.0 Å². The van der Waals surface area contributed by atoms with Crippen LogP contribution in [0.1, 0.15) is 29.5 Å². The Morgan fingerprint density at radius 3 is 2.21 bits per heavy atom. The minimum Gasteiger partial charge on any atom is -0.379 e. The van der Waals surface area contributed by atoms with Crippen LogP contribution in [0.2, 0.25) is 0 Å². The van der Waals surface area contributed by atoms with Crippen LogP contribution in [-0.4, -0.2) is 67.6 Å². The predicted octanol–water partition coefficient (Wildman–Crippen LogP) is 1.58. The van der Waals surface area contributed by atoms with Gasteiger partial charge in [0.1, 0.15) is 6.04 Å². The van der Waals surface area contributed by atoms with Gasteiger partial charge in [0.15, 0.2) is 0 Å². The lowest BCUT2D eigenvalue weighted by molar-refractivity contribution is -0.132. The van der Waals surface area contributed by atoms with Gasteiger partial charge in [0, 0.05) is 37.3 Å². The SMILES string of the molecule is O=C(NO)[C@@H]1CCCN1S(=O)(=O)c1ccc(C#Cc2ccc(CN3CCOCC3)cc2)cc1. The van der Waals surface area contributed by atoms with Gasteiger partial charge < -0.3 is 4.74 Å². The van der Waals surface area contributed by atoms with Crippen molar-refractivity contribution in [1.29, 1.82) is 0 Å². The monoisotopic (exact) mass is 469 g/mol. The number of morpholine rings is 1. The quantitative estimate of drug-likeness (QED) is 0.392. The molecule has 0 unspecified atom stereocenters. The number of hydrogen-bond acceptors (Lipinski definition) is 6. The summed E-state index contributed by atoms with van der Waals surface area (Å²) in [5.41, 5.74) is 4.36. The zero-order chi connectivity index (χ0) is 23.3. The molecule has 174 valence electrons. The number of benzene rings is 2. The molecular weight excluding hydrogens is 442 g/mol. The van der Waals surface area contributed by atoms with E-state index in [2.05, 4.69) is 28.9 Å². The summed E-state index contributed by atoms with van der Waals surface area (Å²) >= 11 is 0. The normalized spacial score (nSPS) is 19.6. The molecule has 1 amide bonds. The molecule has 0 radical (unpaired) electrons. The largest absolute Gasteiger partial charge is 0.379 e. The summed E-state index contributed by atoms with van der Waals surface area (Å²) in [5, 5.41) is 8.88. The lowest BCUT2D eigenvalue weighted by Gasteiger charge is -2.26. The average molecular weight is 470 g/mol. The molecule has 2 fully saturated rings. The Morgan fingerprint density at radius 1 is 1.00 bits per heavy atom. The summed E-state index contributed by atoms with van der Waals surface area (Å²) in [5.74, 6) is 5.46. The van der Waals surface area contributed by atoms with Gasteiger partial charge in [-0.3, -0.25) is 14.9 Å². The predicted molar refractivity (Wildman–Crippen MR) is 122 cm³/mol. The zero-order valence-electron chi connectivity index (χ0n) is 18.2. The van der Waals surface area contributed by atoms with Crippen LogP contribution in [0.25, 0.3) is 0 Å². The fourth-order valence-corrected chi connectivity index (χ4v) is 5.72. The molecule has 0 aliphatic carbocycles. The molecule has 8 nitrogen and oxygen atoms in total. The number of amides is 1. The summed E-state index contributed by atoms with van der Waals surface area (Å²) < 4.78 is 32.4. The molecule has 2 aliphatic rings. The molecule has 2 heterocycles. The van der Waals surface area contributed by atoms with Crippen molar-refractivity contribution in [3.05, 3.63) is 65.2 Å². The lowest BCUT2D eigenvalue weighted by Crippen LogP contribution is -2.44. The Hall–Kier alpha value is -2.74. The van der Waals surface area contributed by atoms with Crippen molar-refractivity contribution in [3.63, 3.8) is 0 Å². The second-order valence-corrected chi connectivity index (χ2v) is 10.0. The molecule has 1 atom stereocenters. The van der Waals surface area contributed by atoms with E-state index in [0.717, 1.165) is 42.7 Å². The molecular formula is C24H27N3O5S. The van der Waals surface area contributed by atoms with E-state index in [1.165, 1.54) is 17.7 Å². The van der Waals surface area contributed by atoms with Gasteiger partial charge in [-0.25, -0.2) is 13.9 Å². The van der Waals surface area contributed by atoms with Gasteiger partial charge in [-0.1, -0.05) is 24.0 Å². The Labute approximate surface area is 194 Å². The maximum atomic E-state index is 12.9. The Balaban J connectivity index is 1.41. The molecule has 33 heavy (non-hydrogen) atoms. The number of nitrogens with zero attached hydrogens (tertiary/aromatic N) is 2. The maximum absolute atomic E-state index is 12.9. The zero-order valence-corrected chi connectivity index (χ0v) is 19.1. The van der Waals surface area contributed by atoms with Crippen LogP contribution in [0.4, 0.5) is 0 Å². The molecule has 9 heteroatoms. The van der Waals surface area contributed by atoms with E-state index in [0.29, 0.717) is 18.4 Å². The number of carbonyl (C=O) groups is 1. The molecule has 0 saturated carbocycles. The van der Waals surface area contributed by atoms with E-state index in [1.807, 2.05) is 12.1 Å². The van der Waals surface area contributed by atoms with Gasteiger partial charge in [-0.15, -0.1) is 0 Å². The first kappa shape index (κ1) is 23.4. The Bertz CT molecular complexity index is 1130. The molecule has 2 aromatic rings. The maximum Gasteiger partial charge on any atom is 0.261 e. The van der Waals surface area contributed by atoms with Crippen LogP contribution in [0.3, 0.4) is 0 Å². The van der Waals surface area contributed by atoms with E-state index in [9.17, 15) is 13.2 Å². The minimum absolute atomic E-state index is 0.0955. The van der Waals surface area contributed by atoms with Crippen molar-refractivity contribution in [2.75, 3.05) is 32.8 Å². The lowest BCUT2D eigenvalue weighted by atomic mass is 10.1. The summed E-state index contributed by atoms with van der Waals surface area (Å²) in [6, 6.07) is 13.5. The molecule has 0 aromatic heterocycles. The third kappa shape index (κ3) is 5.61. The molecule has 2 aromatic carbocycles. The molecule has 2 saturated heterocycles. The number of rotatable bonds is 5. The second-order valence-electron chi connectivity index (χ2n) is 8.11. The third-order valence-electron chi connectivity index (χ3n) is 5.89. The van der Waals surface area contributed by atoms with Crippen molar-refractivity contribution in [2.24, 2.45) is 0 Å². The number of carbonyl (C=O) groups excluding carboxylic acids is 1. The van der Waals surface area contributed by atoms with Gasteiger partial charge in [-0.05, 0) is 54.8 Å². The van der Waals surface area contributed by atoms with E-state index in [-0.39, 0.29) is 11.4 Å². The van der Waals surface area contributed by atoms with Crippen molar-refractivity contribution in [1.82, 2.24) is 14.7 Å². The number of nitrogens with one attached hydrogen (secondary N) is 1. The van der Waals surface area contributed by atoms with Gasteiger partial charge in [0.25, 0.3) is 5.91 Å². The van der Waals surface area contributed by atoms with Crippen LogP contribution in [0, 0.1) is 11.8 Å². The first-order valence-corrected chi connectivity index (χ1v) is 12.4. The van der Waals surface area contributed by atoms with E-state index in [4.69, 9.17) is 9.94 Å². The van der Waals surface area contributed by atoms with Crippen molar-refractivity contribution < 1.29 is 23.2 Å². The molecule has 2 aliphatic heterocycles. The molecule has 0 bridgehead atoms. The number of ether oxygens (including phenoxy) is 1. The van der Waals surface area contributed by atoms with Gasteiger partial charge in [0.05, 0.1) is 18.1 Å². The smallest absolute Gasteiger partial charge is 0.261 e. The summed E-state index contributed by atoms with van der Waals surface area (Å²) in [6.07, 6.45) is 0.937. The number of hydroxylamine groups is 1. The first-order chi connectivity index (χ1) is 16.0. The van der Waals surface area contributed by atoms with Crippen LogP contribution in [-0.2, 0) is 26.1 Å². The summed E-state index contributed by atoms with van der Waals surface area (Å²) in [7, 11) is -3.84. The molecule has 4 rings (SSSR count). The summed E-state index contributed by atoms with van der Waals surface area (Å²) in [4.78, 5) is 14.3. The Morgan fingerprint density at radius 2 is 1.61 bits per heavy atom. The fraction of sp³-hybridized carbons (Fsp3) is 0.375. The highest BCUT2D eigenvalue weighted by atomic mass is 32.2. The topological polar surface area (TPSA) is 99.2 Å². The van der Waals surface area contributed by atoms with Crippen LogP contribution in [0.5, 0.6) is 0 Å². The van der Waals surface area contributed by atoms with Gasteiger partial charge in [0.2, 0.25) is 10.0 Å². The Kier molecular flexibility index (Phi) is 7.42. The number of hydrogen-bond donors (Lipinski definition) is 2. The fourth-order valence-electron chi connectivity index (χ4n) is 4.07.